The molecule has 0 amide bonds. The van der Waals surface area contributed by atoms with E-state index in [-0.39, 0.29) is 6.61 Å². The van der Waals surface area contributed by atoms with Crippen molar-refractivity contribution in [2.75, 3.05) is 13.2 Å². The molecule has 0 saturated heterocycles. The third-order valence-electron chi connectivity index (χ3n) is 2.96. The van der Waals surface area contributed by atoms with Crippen LogP contribution in [-0.2, 0) is 6.42 Å². The van der Waals surface area contributed by atoms with E-state index in [1.54, 1.807) is 0 Å². The lowest BCUT2D eigenvalue weighted by atomic mass is 10.1. The Morgan fingerprint density at radius 2 is 1.85 bits per heavy atom. The Morgan fingerprint density at radius 1 is 1.00 bits per heavy atom. The Kier molecular flexibility index (Phi) is 5.87. The van der Waals surface area contributed by atoms with Crippen molar-refractivity contribution in [2.45, 2.75) is 12.8 Å². The summed E-state index contributed by atoms with van der Waals surface area (Å²) in [6, 6.07) is 18.1. The molecule has 104 valence electrons. The third-order valence-corrected chi connectivity index (χ3v) is 2.96. The summed E-state index contributed by atoms with van der Waals surface area (Å²) in [7, 11) is 0. The summed E-state index contributed by atoms with van der Waals surface area (Å²) in [4.78, 5) is 0. The molecule has 2 heteroatoms. The summed E-state index contributed by atoms with van der Waals surface area (Å²) in [6.07, 6.45) is 5.79. The van der Waals surface area contributed by atoms with Crippen molar-refractivity contribution in [3.05, 3.63) is 71.8 Å². The van der Waals surface area contributed by atoms with Crippen LogP contribution in [0.2, 0.25) is 0 Å². The molecule has 0 unspecified atom stereocenters. The zero-order valence-corrected chi connectivity index (χ0v) is 11.5. The molecule has 2 aromatic carbocycles. The molecule has 2 rings (SSSR count). The molecule has 0 aliphatic heterocycles. The standard InChI is InChI=1S/C18H20O2/c19-13-12-17-9-6-8-16(15-17)7-4-5-14-20-18-10-2-1-3-11-18/h1-4,6-11,15,19H,5,12-14H2. The number of aliphatic hydroxyl groups excluding tert-OH is 1. The Bertz CT molecular complexity index is 532. The molecule has 0 aliphatic carbocycles. The fourth-order valence-corrected chi connectivity index (χ4v) is 1.96. The fraction of sp³-hybridized carbons (Fsp3) is 0.222. The molecule has 0 radical (unpaired) electrons. The van der Waals surface area contributed by atoms with Gasteiger partial charge in [-0.25, -0.2) is 0 Å². The molecular weight excluding hydrogens is 248 g/mol. The van der Waals surface area contributed by atoms with Crippen LogP contribution >= 0.6 is 0 Å². The first-order valence-electron chi connectivity index (χ1n) is 6.92. The highest BCUT2D eigenvalue weighted by Crippen LogP contribution is 2.10. The predicted octanol–water partition coefficient (Wildman–Crippen LogP) is 3.70. The Balaban J connectivity index is 1.77. The van der Waals surface area contributed by atoms with Gasteiger partial charge >= 0.3 is 0 Å². The maximum absolute atomic E-state index is 8.93. The van der Waals surface area contributed by atoms with Crippen molar-refractivity contribution in [1.29, 1.82) is 0 Å². The molecule has 1 N–H and O–H groups in total. The Labute approximate surface area is 120 Å². The van der Waals surface area contributed by atoms with E-state index >= 15 is 0 Å². The highest BCUT2D eigenvalue weighted by molar-refractivity contribution is 5.50. The number of ether oxygens (including phenoxy) is 1. The van der Waals surface area contributed by atoms with Crippen molar-refractivity contribution in [1.82, 2.24) is 0 Å². The van der Waals surface area contributed by atoms with Gasteiger partial charge in [0.25, 0.3) is 0 Å². The molecular formula is C18H20O2. The smallest absolute Gasteiger partial charge is 0.119 e. The molecule has 0 aromatic heterocycles. The van der Waals surface area contributed by atoms with Crippen LogP contribution in [0.25, 0.3) is 6.08 Å². The summed E-state index contributed by atoms with van der Waals surface area (Å²) in [5.74, 6) is 0.908. The number of aliphatic hydroxyl groups is 1. The van der Waals surface area contributed by atoms with E-state index in [2.05, 4.69) is 24.3 Å². The zero-order valence-electron chi connectivity index (χ0n) is 11.5. The molecule has 2 nitrogen and oxygen atoms in total. The van der Waals surface area contributed by atoms with E-state index in [1.807, 2.05) is 42.5 Å². The summed E-state index contributed by atoms with van der Waals surface area (Å²) in [6.45, 7) is 0.870. The van der Waals surface area contributed by atoms with Gasteiger partial charge in [-0.05, 0) is 36.1 Å². The normalized spacial score (nSPS) is 10.8. The van der Waals surface area contributed by atoms with Gasteiger partial charge in [-0.15, -0.1) is 0 Å². The van der Waals surface area contributed by atoms with Crippen LogP contribution in [0.15, 0.2) is 60.7 Å². The van der Waals surface area contributed by atoms with E-state index in [4.69, 9.17) is 9.84 Å². The van der Waals surface area contributed by atoms with Crippen LogP contribution in [-0.4, -0.2) is 18.3 Å². The van der Waals surface area contributed by atoms with Gasteiger partial charge in [0.1, 0.15) is 5.75 Å². The predicted molar refractivity (Wildman–Crippen MR) is 82.8 cm³/mol. The number of para-hydroxylation sites is 1. The van der Waals surface area contributed by atoms with E-state index < -0.39 is 0 Å². The van der Waals surface area contributed by atoms with Crippen molar-refractivity contribution in [3.63, 3.8) is 0 Å². The molecule has 0 aliphatic rings. The maximum Gasteiger partial charge on any atom is 0.119 e. The second-order valence-electron chi connectivity index (χ2n) is 4.57. The zero-order chi connectivity index (χ0) is 14.0. The topological polar surface area (TPSA) is 29.5 Å². The first-order valence-corrected chi connectivity index (χ1v) is 6.92. The first kappa shape index (κ1) is 14.4. The minimum absolute atomic E-state index is 0.193. The molecule has 0 bridgehead atoms. The summed E-state index contributed by atoms with van der Waals surface area (Å²) in [5, 5.41) is 8.93. The van der Waals surface area contributed by atoms with Gasteiger partial charge in [0.2, 0.25) is 0 Å². The fourth-order valence-electron chi connectivity index (χ4n) is 1.96. The highest BCUT2D eigenvalue weighted by atomic mass is 16.5. The van der Waals surface area contributed by atoms with Gasteiger partial charge in [-0.2, -0.15) is 0 Å². The van der Waals surface area contributed by atoms with Crippen molar-refractivity contribution < 1.29 is 9.84 Å². The van der Waals surface area contributed by atoms with Gasteiger partial charge in [-0.1, -0.05) is 54.6 Å². The summed E-state index contributed by atoms with van der Waals surface area (Å²) in [5.41, 5.74) is 2.32. The monoisotopic (exact) mass is 268 g/mol. The average molecular weight is 268 g/mol. The number of benzene rings is 2. The Hall–Kier alpha value is -2.06. The van der Waals surface area contributed by atoms with Crippen LogP contribution in [0.1, 0.15) is 17.5 Å². The lowest BCUT2D eigenvalue weighted by Crippen LogP contribution is -1.94. The second kappa shape index (κ2) is 8.18. The number of hydrogen-bond donors (Lipinski definition) is 1. The van der Waals surface area contributed by atoms with Crippen LogP contribution in [0.5, 0.6) is 5.75 Å². The number of hydrogen-bond acceptors (Lipinski definition) is 2. The molecule has 2 aromatic rings. The van der Waals surface area contributed by atoms with Crippen molar-refractivity contribution in [3.8, 4) is 5.75 Å². The van der Waals surface area contributed by atoms with Gasteiger partial charge < -0.3 is 9.84 Å². The van der Waals surface area contributed by atoms with Gasteiger partial charge in [-0.3, -0.25) is 0 Å². The third kappa shape index (κ3) is 4.90. The lowest BCUT2D eigenvalue weighted by Gasteiger charge is -2.03. The quantitative estimate of drug-likeness (QED) is 0.776. The first-order chi connectivity index (χ1) is 9.88. The Morgan fingerprint density at radius 3 is 2.65 bits per heavy atom. The molecule has 0 heterocycles. The van der Waals surface area contributed by atoms with Crippen LogP contribution in [0.4, 0.5) is 0 Å². The van der Waals surface area contributed by atoms with E-state index in [1.165, 1.54) is 0 Å². The SMILES string of the molecule is OCCc1cccc(C=CCCOc2ccccc2)c1. The molecule has 0 fully saturated rings. The van der Waals surface area contributed by atoms with Crippen molar-refractivity contribution in [2.24, 2.45) is 0 Å². The van der Waals surface area contributed by atoms with E-state index in [0.717, 1.165) is 23.3 Å². The van der Waals surface area contributed by atoms with Crippen LogP contribution in [0.3, 0.4) is 0 Å². The molecule has 0 spiro atoms. The number of rotatable bonds is 7. The summed E-state index contributed by atoms with van der Waals surface area (Å²) >= 11 is 0. The van der Waals surface area contributed by atoms with Gasteiger partial charge in [0.05, 0.1) is 6.61 Å². The van der Waals surface area contributed by atoms with Crippen molar-refractivity contribution >= 4 is 6.08 Å². The van der Waals surface area contributed by atoms with Crippen LogP contribution in [0, 0.1) is 0 Å². The summed E-state index contributed by atoms with van der Waals surface area (Å²) < 4.78 is 5.62. The highest BCUT2D eigenvalue weighted by Gasteiger charge is 1.93. The van der Waals surface area contributed by atoms with Gasteiger partial charge in [0.15, 0.2) is 0 Å². The molecule has 20 heavy (non-hydrogen) atoms. The van der Waals surface area contributed by atoms with Gasteiger partial charge in [0, 0.05) is 6.61 Å². The molecule has 0 atom stereocenters. The minimum atomic E-state index is 0.193. The minimum Gasteiger partial charge on any atom is -0.493 e. The largest absolute Gasteiger partial charge is 0.493 e. The van der Waals surface area contributed by atoms with Crippen LogP contribution < -0.4 is 4.74 Å². The average Bonchev–Trinajstić information content (AvgIpc) is 2.49. The molecule has 0 saturated carbocycles. The van der Waals surface area contributed by atoms with E-state index in [0.29, 0.717) is 13.0 Å². The lowest BCUT2D eigenvalue weighted by molar-refractivity contribution is 0.299. The maximum atomic E-state index is 8.93. The van der Waals surface area contributed by atoms with E-state index in [9.17, 15) is 0 Å². The second-order valence-corrected chi connectivity index (χ2v) is 4.57.